The smallest absolute Gasteiger partial charge is 0.324 e. The number of nitrogens with one attached hydrogen (secondary N) is 1. The normalized spacial score (nSPS) is 15.8. The Morgan fingerprint density at radius 2 is 1.72 bits per heavy atom. The van der Waals surface area contributed by atoms with E-state index in [4.69, 9.17) is 21.4 Å². The second kappa shape index (κ2) is 12.3. The molecule has 1 saturated carbocycles. The fraction of sp³-hybridized carbons (Fsp3) is 0.538. The molecular weight excluding hydrogens is 441 g/mol. The number of aryl methyl sites for hydroxylation is 1. The molecule has 0 amide bonds. The van der Waals surface area contributed by atoms with Gasteiger partial charge in [0.2, 0.25) is 0 Å². The SMILES string of the molecule is O=P(O)(O)CCCNCc1ccc(CCCCCC2(c3ccccc3)CCCC2)c(Cl)c1. The summed E-state index contributed by atoms with van der Waals surface area (Å²) in [6, 6.07) is 17.3. The van der Waals surface area contributed by atoms with E-state index in [2.05, 4.69) is 47.8 Å². The van der Waals surface area contributed by atoms with Crippen LogP contribution in [0.25, 0.3) is 0 Å². The molecule has 0 spiro atoms. The summed E-state index contributed by atoms with van der Waals surface area (Å²) >= 11 is 6.52. The zero-order valence-electron chi connectivity index (χ0n) is 18.9. The van der Waals surface area contributed by atoms with Gasteiger partial charge in [0.1, 0.15) is 0 Å². The van der Waals surface area contributed by atoms with Crippen molar-refractivity contribution < 1.29 is 14.4 Å². The summed E-state index contributed by atoms with van der Waals surface area (Å²) in [5, 5.41) is 4.04. The zero-order chi connectivity index (χ0) is 22.9. The molecule has 0 aromatic heterocycles. The molecule has 4 nitrogen and oxygen atoms in total. The van der Waals surface area contributed by atoms with Crippen molar-refractivity contribution in [3.63, 3.8) is 0 Å². The van der Waals surface area contributed by atoms with Crippen LogP contribution in [-0.2, 0) is 22.9 Å². The quantitative estimate of drug-likeness (QED) is 0.224. The highest BCUT2D eigenvalue weighted by atomic mass is 35.5. The van der Waals surface area contributed by atoms with Crippen LogP contribution < -0.4 is 5.32 Å². The molecule has 0 heterocycles. The van der Waals surface area contributed by atoms with Gasteiger partial charge in [-0.25, -0.2) is 0 Å². The molecule has 1 fully saturated rings. The standard InChI is InChI=1S/C26H37ClNO3P/c27-25-20-22(21-28-18-9-19-32(29,30)31)13-14-23(25)10-3-2-6-15-26(16-7-8-17-26)24-11-4-1-5-12-24/h1,4-5,11-14,20,28H,2-3,6-10,15-19,21H2,(H2,29,30,31). The number of hydrogen-bond acceptors (Lipinski definition) is 2. The first-order valence-corrected chi connectivity index (χ1v) is 14.1. The minimum atomic E-state index is -3.90. The topological polar surface area (TPSA) is 69.6 Å². The Labute approximate surface area is 197 Å². The molecule has 2 aromatic rings. The molecule has 0 radical (unpaired) electrons. The van der Waals surface area contributed by atoms with Gasteiger partial charge in [-0.15, -0.1) is 0 Å². The minimum Gasteiger partial charge on any atom is -0.324 e. The van der Waals surface area contributed by atoms with Gasteiger partial charge in [-0.2, -0.15) is 0 Å². The Hall–Kier alpha value is -1.16. The van der Waals surface area contributed by atoms with Crippen LogP contribution in [0, 0.1) is 0 Å². The van der Waals surface area contributed by atoms with Crippen LogP contribution >= 0.6 is 19.2 Å². The van der Waals surface area contributed by atoms with Gasteiger partial charge < -0.3 is 15.1 Å². The molecule has 32 heavy (non-hydrogen) atoms. The predicted molar refractivity (Wildman–Crippen MR) is 133 cm³/mol. The monoisotopic (exact) mass is 477 g/mol. The highest BCUT2D eigenvalue weighted by Crippen LogP contribution is 2.45. The third kappa shape index (κ3) is 8.01. The van der Waals surface area contributed by atoms with Crippen LogP contribution in [0.3, 0.4) is 0 Å². The van der Waals surface area contributed by atoms with Crippen LogP contribution in [-0.4, -0.2) is 22.5 Å². The lowest BCUT2D eigenvalue weighted by Crippen LogP contribution is -2.21. The first-order valence-electron chi connectivity index (χ1n) is 12.0. The van der Waals surface area contributed by atoms with Gasteiger partial charge in [0.15, 0.2) is 0 Å². The van der Waals surface area contributed by atoms with Crippen molar-refractivity contribution in [1.29, 1.82) is 0 Å². The van der Waals surface area contributed by atoms with E-state index in [-0.39, 0.29) is 6.16 Å². The Kier molecular flexibility index (Phi) is 9.82. The predicted octanol–water partition coefficient (Wildman–Crippen LogP) is 6.61. The maximum Gasteiger partial charge on any atom is 0.325 e. The van der Waals surface area contributed by atoms with E-state index < -0.39 is 7.60 Å². The van der Waals surface area contributed by atoms with Crippen LogP contribution in [0.1, 0.15) is 74.5 Å². The van der Waals surface area contributed by atoms with Crippen LogP contribution in [0.2, 0.25) is 5.02 Å². The summed E-state index contributed by atoms with van der Waals surface area (Å²) in [6.07, 6.45) is 11.7. The molecule has 0 aliphatic heterocycles. The maximum atomic E-state index is 10.9. The number of unbranched alkanes of at least 4 members (excludes halogenated alkanes) is 2. The number of halogens is 1. The van der Waals surface area contributed by atoms with Crippen LogP contribution in [0.15, 0.2) is 48.5 Å². The minimum absolute atomic E-state index is 0.0772. The molecule has 3 rings (SSSR count). The Balaban J connectivity index is 1.38. The van der Waals surface area contributed by atoms with Crippen molar-refractivity contribution >= 4 is 19.2 Å². The first kappa shape index (κ1) is 25.5. The Bertz CT molecular complexity index is 878. The van der Waals surface area contributed by atoms with E-state index in [9.17, 15) is 4.57 Å². The average molecular weight is 478 g/mol. The van der Waals surface area contributed by atoms with Crippen molar-refractivity contribution in [3.05, 3.63) is 70.2 Å². The molecule has 1 aliphatic carbocycles. The third-order valence-electron chi connectivity index (χ3n) is 6.80. The molecule has 0 unspecified atom stereocenters. The molecule has 0 bridgehead atoms. The summed E-state index contributed by atoms with van der Waals surface area (Å²) < 4.78 is 10.9. The van der Waals surface area contributed by atoms with Crippen molar-refractivity contribution in [2.24, 2.45) is 0 Å². The molecule has 2 aromatic carbocycles. The van der Waals surface area contributed by atoms with Gasteiger partial charge in [0, 0.05) is 11.6 Å². The van der Waals surface area contributed by atoms with Crippen molar-refractivity contribution in [2.75, 3.05) is 12.7 Å². The highest BCUT2D eigenvalue weighted by molar-refractivity contribution is 7.51. The molecule has 3 N–H and O–H groups in total. The lowest BCUT2D eigenvalue weighted by molar-refractivity contribution is 0.371. The van der Waals surface area contributed by atoms with Crippen LogP contribution in [0.4, 0.5) is 0 Å². The molecule has 6 heteroatoms. The van der Waals surface area contributed by atoms with Crippen molar-refractivity contribution in [3.8, 4) is 0 Å². The summed E-state index contributed by atoms with van der Waals surface area (Å²) in [5.41, 5.74) is 4.24. The second-order valence-corrected chi connectivity index (χ2v) is 11.4. The molecule has 1 aliphatic rings. The summed E-state index contributed by atoms with van der Waals surface area (Å²) in [4.78, 5) is 17.8. The van der Waals surface area contributed by atoms with E-state index in [1.807, 2.05) is 6.07 Å². The van der Waals surface area contributed by atoms with Gasteiger partial charge in [0.25, 0.3) is 0 Å². The summed E-state index contributed by atoms with van der Waals surface area (Å²) in [6.45, 7) is 1.23. The number of hydrogen-bond donors (Lipinski definition) is 3. The summed E-state index contributed by atoms with van der Waals surface area (Å²) in [7, 11) is -3.90. The molecule has 0 atom stereocenters. The Morgan fingerprint density at radius 1 is 0.969 bits per heavy atom. The van der Waals surface area contributed by atoms with Crippen molar-refractivity contribution in [1.82, 2.24) is 5.32 Å². The lowest BCUT2D eigenvalue weighted by atomic mass is 9.75. The maximum absolute atomic E-state index is 10.9. The summed E-state index contributed by atoms with van der Waals surface area (Å²) in [5.74, 6) is 0. The van der Waals surface area contributed by atoms with E-state index in [1.54, 1.807) is 0 Å². The largest absolute Gasteiger partial charge is 0.325 e. The lowest BCUT2D eigenvalue weighted by Gasteiger charge is -2.30. The van der Waals surface area contributed by atoms with Gasteiger partial charge in [-0.1, -0.05) is 79.7 Å². The average Bonchev–Trinajstić information content (AvgIpc) is 3.24. The van der Waals surface area contributed by atoms with Gasteiger partial charge in [-0.05, 0) is 73.2 Å². The second-order valence-electron chi connectivity index (χ2n) is 9.26. The fourth-order valence-electron chi connectivity index (χ4n) is 5.03. The van der Waals surface area contributed by atoms with E-state index in [1.165, 1.54) is 56.1 Å². The first-order chi connectivity index (χ1) is 15.4. The van der Waals surface area contributed by atoms with Crippen molar-refractivity contribution in [2.45, 2.75) is 76.2 Å². The number of rotatable bonds is 13. The van der Waals surface area contributed by atoms with E-state index in [0.717, 1.165) is 23.4 Å². The number of benzene rings is 2. The molecule has 176 valence electrons. The van der Waals surface area contributed by atoms with E-state index in [0.29, 0.717) is 24.9 Å². The molecular formula is C26H37ClNO3P. The highest BCUT2D eigenvalue weighted by Gasteiger charge is 2.34. The van der Waals surface area contributed by atoms with E-state index >= 15 is 0 Å². The van der Waals surface area contributed by atoms with Gasteiger partial charge >= 0.3 is 7.60 Å². The van der Waals surface area contributed by atoms with Gasteiger partial charge in [-0.3, -0.25) is 4.57 Å². The molecule has 0 saturated heterocycles. The van der Waals surface area contributed by atoms with Gasteiger partial charge in [0.05, 0.1) is 6.16 Å². The fourth-order valence-corrected chi connectivity index (χ4v) is 5.90. The zero-order valence-corrected chi connectivity index (χ0v) is 20.6. The Morgan fingerprint density at radius 3 is 2.41 bits per heavy atom. The van der Waals surface area contributed by atoms with Crippen LogP contribution in [0.5, 0.6) is 0 Å². The third-order valence-corrected chi connectivity index (χ3v) is 8.05.